The van der Waals surface area contributed by atoms with Crippen molar-refractivity contribution in [2.45, 2.75) is 6.42 Å². The van der Waals surface area contributed by atoms with E-state index < -0.39 is 0 Å². The number of nitrogens with two attached hydrogens (primary N) is 1. The van der Waals surface area contributed by atoms with Gasteiger partial charge in [0.25, 0.3) is 0 Å². The minimum atomic E-state index is -0.320. The maximum atomic E-state index is 10.6. The molecule has 0 aromatic carbocycles. The van der Waals surface area contributed by atoms with Gasteiger partial charge in [0.2, 0.25) is 5.91 Å². The quantitative estimate of drug-likeness (QED) is 0.808. The molecule has 0 aliphatic carbocycles. The average molecular weight is 222 g/mol. The number of nitrogens with one attached hydrogen (secondary N) is 1. The molecule has 0 unspecified atom stereocenters. The SMILES string of the molecule is NC(=O)CCNc1ncnc2ccsc12. The zero-order chi connectivity index (χ0) is 10.7. The van der Waals surface area contributed by atoms with Crippen molar-refractivity contribution >= 4 is 33.3 Å². The van der Waals surface area contributed by atoms with Gasteiger partial charge in [0.05, 0.1) is 10.2 Å². The average Bonchev–Trinajstić information content (AvgIpc) is 2.65. The van der Waals surface area contributed by atoms with Crippen molar-refractivity contribution in [3.8, 4) is 0 Å². The van der Waals surface area contributed by atoms with Crippen LogP contribution >= 0.6 is 11.3 Å². The van der Waals surface area contributed by atoms with Crippen LogP contribution in [0.4, 0.5) is 5.82 Å². The van der Waals surface area contributed by atoms with Crippen LogP contribution in [0.15, 0.2) is 17.8 Å². The third kappa shape index (κ3) is 2.21. The number of anilines is 1. The minimum Gasteiger partial charge on any atom is -0.370 e. The molecule has 0 aliphatic heterocycles. The molecule has 0 saturated carbocycles. The molecule has 78 valence electrons. The van der Waals surface area contributed by atoms with E-state index >= 15 is 0 Å². The van der Waals surface area contributed by atoms with E-state index in [0.29, 0.717) is 13.0 Å². The van der Waals surface area contributed by atoms with E-state index in [0.717, 1.165) is 16.0 Å². The molecule has 0 fully saturated rings. The van der Waals surface area contributed by atoms with Crippen LogP contribution in [0.3, 0.4) is 0 Å². The zero-order valence-electron chi connectivity index (χ0n) is 7.93. The Hall–Kier alpha value is -1.69. The fourth-order valence-electron chi connectivity index (χ4n) is 1.22. The first kappa shape index (κ1) is 9.85. The van der Waals surface area contributed by atoms with Gasteiger partial charge >= 0.3 is 0 Å². The lowest BCUT2D eigenvalue weighted by atomic mass is 10.4. The largest absolute Gasteiger partial charge is 0.370 e. The smallest absolute Gasteiger partial charge is 0.219 e. The van der Waals surface area contributed by atoms with E-state index in [-0.39, 0.29) is 5.91 Å². The topological polar surface area (TPSA) is 80.9 Å². The van der Waals surface area contributed by atoms with E-state index in [4.69, 9.17) is 5.73 Å². The fraction of sp³-hybridized carbons (Fsp3) is 0.222. The maximum absolute atomic E-state index is 10.6. The van der Waals surface area contributed by atoms with Crippen molar-refractivity contribution in [2.75, 3.05) is 11.9 Å². The van der Waals surface area contributed by atoms with Crippen molar-refractivity contribution in [3.63, 3.8) is 0 Å². The van der Waals surface area contributed by atoms with Gasteiger partial charge in [-0.1, -0.05) is 0 Å². The third-order valence-electron chi connectivity index (χ3n) is 1.91. The molecule has 6 heteroatoms. The second-order valence-corrected chi connectivity index (χ2v) is 3.92. The lowest BCUT2D eigenvalue weighted by Gasteiger charge is -2.03. The van der Waals surface area contributed by atoms with Crippen molar-refractivity contribution < 1.29 is 4.79 Å². The third-order valence-corrected chi connectivity index (χ3v) is 2.82. The number of primary amides is 1. The normalized spacial score (nSPS) is 10.4. The van der Waals surface area contributed by atoms with Gasteiger partial charge in [-0.2, -0.15) is 0 Å². The van der Waals surface area contributed by atoms with Gasteiger partial charge in [-0.15, -0.1) is 11.3 Å². The molecule has 2 heterocycles. The van der Waals surface area contributed by atoms with Crippen molar-refractivity contribution in [2.24, 2.45) is 5.73 Å². The van der Waals surface area contributed by atoms with E-state index in [9.17, 15) is 4.79 Å². The Labute approximate surface area is 90.3 Å². The minimum absolute atomic E-state index is 0.302. The van der Waals surface area contributed by atoms with E-state index in [1.165, 1.54) is 6.33 Å². The lowest BCUT2D eigenvalue weighted by Crippen LogP contribution is -2.16. The number of aromatic nitrogens is 2. The molecule has 15 heavy (non-hydrogen) atoms. The van der Waals surface area contributed by atoms with Crippen molar-refractivity contribution in [1.82, 2.24) is 9.97 Å². The number of thiophene rings is 1. The number of carbonyl (C=O) groups excluding carboxylic acids is 1. The molecule has 3 N–H and O–H groups in total. The van der Waals surface area contributed by atoms with Crippen LogP contribution in [0, 0.1) is 0 Å². The Morgan fingerprint density at radius 3 is 3.20 bits per heavy atom. The molecule has 2 aromatic heterocycles. The van der Waals surface area contributed by atoms with Gasteiger partial charge in [0, 0.05) is 13.0 Å². The molecule has 2 rings (SSSR count). The molecular weight excluding hydrogens is 212 g/mol. The van der Waals surface area contributed by atoms with Crippen molar-refractivity contribution in [3.05, 3.63) is 17.8 Å². The van der Waals surface area contributed by atoms with E-state index in [1.807, 2.05) is 11.4 Å². The Balaban J connectivity index is 2.13. The second-order valence-electron chi connectivity index (χ2n) is 3.00. The van der Waals surface area contributed by atoms with Crippen LogP contribution in [0.2, 0.25) is 0 Å². The fourth-order valence-corrected chi connectivity index (χ4v) is 2.03. The molecule has 0 aliphatic rings. The van der Waals surface area contributed by atoms with Gasteiger partial charge in [0.15, 0.2) is 0 Å². The van der Waals surface area contributed by atoms with Gasteiger partial charge < -0.3 is 11.1 Å². The van der Waals surface area contributed by atoms with Crippen LogP contribution in [-0.2, 0) is 4.79 Å². The molecule has 1 amide bonds. The predicted molar refractivity (Wildman–Crippen MR) is 59.7 cm³/mol. The number of nitrogens with zero attached hydrogens (tertiary/aromatic N) is 2. The molecule has 0 saturated heterocycles. The van der Waals surface area contributed by atoms with Gasteiger partial charge in [0.1, 0.15) is 12.1 Å². The summed E-state index contributed by atoms with van der Waals surface area (Å²) in [6.45, 7) is 0.499. The predicted octanol–water partition coefficient (Wildman–Crippen LogP) is 0.979. The van der Waals surface area contributed by atoms with E-state index in [2.05, 4.69) is 15.3 Å². The van der Waals surface area contributed by atoms with Crippen LogP contribution < -0.4 is 11.1 Å². The summed E-state index contributed by atoms with van der Waals surface area (Å²) in [6, 6.07) is 1.93. The van der Waals surface area contributed by atoms with E-state index in [1.54, 1.807) is 11.3 Å². The standard InChI is InChI=1S/C9H10N4OS/c10-7(14)1-3-11-9-8-6(2-4-15-8)12-5-13-9/h2,4-5H,1,3H2,(H2,10,14)(H,11,12,13). The Morgan fingerprint density at radius 2 is 2.40 bits per heavy atom. The summed E-state index contributed by atoms with van der Waals surface area (Å²) in [5, 5.41) is 5.02. The number of hydrogen-bond acceptors (Lipinski definition) is 5. The first-order valence-corrected chi connectivity index (χ1v) is 5.36. The zero-order valence-corrected chi connectivity index (χ0v) is 8.75. The molecular formula is C9H10N4OS. The molecule has 0 atom stereocenters. The summed E-state index contributed by atoms with van der Waals surface area (Å²) < 4.78 is 1.00. The number of rotatable bonds is 4. The summed E-state index contributed by atoms with van der Waals surface area (Å²) >= 11 is 1.57. The van der Waals surface area contributed by atoms with Crippen LogP contribution in [0.1, 0.15) is 6.42 Å². The van der Waals surface area contributed by atoms with Crippen molar-refractivity contribution in [1.29, 1.82) is 0 Å². The second kappa shape index (κ2) is 4.22. The highest BCUT2D eigenvalue weighted by Crippen LogP contribution is 2.24. The number of fused-ring (bicyclic) bond motifs is 1. The number of amides is 1. The maximum Gasteiger partial charge on any atom is 0.219 e. The molecule has 0 bridgehead atoms. The number of carbonyl (C=O) groups is 1. The molecule has 0 radical (unpaired) electrons. The Bertz CT molecular complexity index is 482. The summed E-state index contributed by atoms with van der Waals surface area (Å²) in [4.78, 5) is 18.8. The summed E-state index contributed by atoms with van der Waals surface area (Å²) in [7, 11) is 0. The highest BCUT2D eigenvalue weighted by Gasteiger charge is 2.04. The van der Waals surface area contributed by atoms with Gasteiger partial charge in [-0.3, -0.25) is 4.79 Å². The van der Waals surface area contributed by atoms with Crippen LogP contribution in [0.5, 0.6) is 0 Å². The lowest BCUT2D eigenvalue weighted by molar-refractivity contribution is -0.117. The molecule has 5 nitrogen and oxygen atoms in total. The van der Waals surface area contributed by atoms with Gasteiger partial charge in [-0.25, -0.2) is 9.97 Å². The Morgan fingerprint density at radius 1 is 1.53 bits per heavy atom. The van der Waals surface area contributed by atoms with Gasteiger partial charge in [-0.05, 0) is 11.4 Å². The number of hydrogen-bond donors (Lipinski definition) is 2. The highest BCUT2D eigenvalue weighted by molar-refractivity contribution is 7.17. The first-order valence-electron chi connectivity index (χ1n) is 4.48. The summed E-state index contributed by atoms with van der Waals surface area (Å²) in [5.41, 5.74) is 5.95. The summed E-state index contributed by atoms with van der Waals surface area (Å²) in [6.07, 6.45) is 1.80. The van der Waals surface area contributed by atoms with Crippen LogP contribution in [0.25, 0.3) is 10.2 Å². The van der Waals surface area contributed by atoms with Crippen LogP contribution in [-0.4, -0.2) is 22.4 Å². The monoisotopic (exact) mass is 222 g/mol. The molecule has 0 spiro atoms. The molecule has 2 aromatic rings. The Kier molecular flexibility index (Phi) is 2.77. The first-order chi connectivity index (χ1) is 7.27. The highest BCUT2D eigenvalue weighted by atomic mass is 32.1. The summed E-state index contributed by atoms with van der Waals surface area (Å²) in [5.74, 6) is 0.440.